The number of ether oxygens (including phenoxy) is 1. The molecule has 6 nitrogen and oxygen atoms in total. The molecule has 0 aliphatic carbocycles. The maximum atomic E-state index is 10.1. The first kappa shape index (κ1) is 16.7. The van der Waals surface area contributed by atoms with Gasteiger partial charge in [0.2, 0.25) is 0 Å². The van der Waals surface area contributed by atoms with Crippen LogP contribution in [0.4, 0.5) is 0 Å². The third-order valence-corrected chi connectivity index (χ3v) is 3.68. The fourth-order valence-electron chi connectivity index (χ4n) is 2.04. The second-order valence-electron chi connectivity index (χ2n) is 5.04. The molecular formula is C16H14Cl2N4O2. The molecule has 0 spiro atoms. The number of benzene rings is 1. The van der Waals surface area contributed by atoms with Gasteiger partial charge in [-0.1, -0.05) is 29.3 Å². The standard InChI is InChI=1S/C16H14Cl2N4O2/c17-11-4-5-15(13(18)7-11)24-9-12(23)8-22-10-20-16(21-22)14-3-1-2-6-19-14/h1-7,10,12,23H,8-9H2/t12-/m1/s1. The van der Waals surface area contributed by atoms with Crippen molar-refractivity contribution in [3.8, 4) is 17.3 Å². The number of rotatable bonds is 6. The largest absolute Gasteiger partial charge is 0.489 e. The van der Waals surface area contributed by atoms with E-state index in [2.05, 4.69) is 15.1 Å². The molecule has 1 N–H and O–H groups in total. The molecule has 0 bridgehead atoms. The zero-order chi connectivity index (χ0) is 16.9. The molecule has 0 unspecified atom stereocenters. The molecular weight excluding hydrogens is 351 g/mol. The number of aliphatic hydroxyl groups is 1. The summed E-state index contributed by atoms with van der Waals surface area (Å²) in [5, 5.41) is 15.3. The summed E-state index contributed by atoms with van der Waals surface area (Å²) in [7, 11) is 0. The Hall–Kier alpha value is -2.15. The van der Waals surface area contributed by atoms with Gasteiger partial charge < -0.3 is 9.84 Å². The van der Waals surface area contributed by atoms with Crippen molar-refractivity contribution in [1.82, 2.24) is 19.7 Å². The van der Waals surface area contributed by atoms with Crippen LogP contribution in [-0.2, 0) is 6.54 Å². The summed E-state index contributed by atoms with van der Waals surface area (Å²) >= 11 is 11.8. The minimum Gasteiger partial charge on any atom is -0.489 e. The van der Waals surface area contributed by atoms with Gasteiger partial charge in [-0.3, -0.25) is 4.98 Å². The fraction of sp³-hybridized carbons (Fsp3) is 0.188. The summed E-state index contributed by atoms with van der Waals surface area (Å²) < 4.78 is 7.05. The van der Waals surface area contributed by atoms with Crippen molar-refractivity contribution in [2.45, 2.75) is 12.6 Å². The van der Waals surface area contributed by atoms with Crippen molar-refractivity contribution in [2.75, 3.05) is 6.61 Å². The highest BCUT2D eigenvalue weighted by Gasteiger charge is 2.11. The van der Waals surface area contributed by atoms with Crippen LogP contribution in [0.5, 0.6) is 5.75 Å². The van der Waals surface area contributed by atoms with Crippen LogP contribution in [0.3, 0.4) is 0 Å². The lowest BCUT2D eigenvalue weighted by atomic mass is 10.3. The Bertz CT molecular complexity index is 811. The highest BCUT2D eigenvalue weighted by Crippen LogP contribution is 2.27. The van der Waals surface area contributed by atoms with Gasteiger partial charge in [-0.2, -0.15) is 0 Å². The maximum Gasteiger partial charge on any atom is 0.199 e. The first-order valence-electron chi connectivity index (χ1n) is 7.18. The van der Waals surface area contributed by atoms with Crippen LogP contribution in [0.2, 0.25) is 10.0 Å². The summed E-state index contributed by atoms with van der Waals surface area (Å²) in [4.78, 5) is 8.37. The highest BCUT2D eigenvalue weighted by molar-refractivity contribution is 6.35. The molecule has 8 heteroatoms. The van der Waals surface area contributed by atoms with Crippen molar-refractivity contribution in [3.63, 3.8) is 0 Å². The third-order valence-electron chi connectivity index (χ3n) is 3.15. The lowest BCUT2D eigenvalue weighted by Crippen LogP contribution is -2.24. The number of aliphatic hydroxyl groups excluding tert-OH is 1. The Kier molecular flexibility index (Phi) is 5.30. The average molecular weight is 365 g/mol. The first-order valence-corrected chi connectivity index (χ1v) is 7.94. The van der Waals surface area contributed by atoms with E-state index in [-0.39, 0.29) is 13.2 Å². The van der Waals surface area contributed by atoms with Crippen LogP contribution >= 0.6 is 23.2 Å². The molecule has 0 aliphatic rings. The Morgan fingerprint density at radius 3 is 2.79 bits per heavy atom. The number of hydrogen-bond donors (Lipinski definition) is 1. The predicted octanol–water partition coefficient (Wildman–Crippen LogP) is 3.09. The van der Waals surface area contributed by atoms with Crippen molar-refractivity contribution < 1.29 is 9.84 Å². The van der Waals surface area contributed by atoms with E-state index in [4.69, 9.17) is 27.9 Å². The fourth-order valence-corrected chi connectivity index (χ4v) is 2.50. The second-order valence-corrected chi connectivity index (χ2v) is 5.89. The van der Waals surface area contributed by atoms with Crippen molar-refractivity contribution in [3.05, 3.63) is 59.0 Å². The lowest BCUT2D eigenvalue weighted by molar-refractivity contribution is 0.0893. The molecule has 1 atom stereocenters. The van der Waals surface area contributed by atoms with Crippen LogP contribution in [0.1, 0.15) is 0 Å². The minimum absolute atomic E-state index is 0.0696. The van der Waals surface area contributed by atoms with E-state index in [9.17, 15) is 5.11 Å². The van der Waals surface area contributed by atoms with Crippen LogP contribution in [0.25, 0.3) is 11.5 Å². The monoisotopic (exact) mass is 364 g/mol. The molecule has 0 radical (unpaired) electrons. The summed E-state index contributed by atoms with van der Waals surface area (Å²) in [5.41, 5.74) is 0.676. The Morgan fingerprint density at radius 1 is 1.17 bits per heavy atom. The quantitative estimate of drug-likeness (QED) is 0.727. The predicted molar refractivity (Wildman–Crippen MR) is 91.2 cm³/mol. The van der Waals surface area contributed by atoms with Gasteiger partial charge in [-0.15, -0.1) is 5.10 Å². The molecule has 0 amide bonds. The van der Waals surface area contributed by atoms with Crippen molar-refractivity contribution in [2.24, 2.45) is 0 Å². The zero-order valence-electron chi connectivity index (χ0n) is 12.5. The number of nitrogens with zero attached hydrogens (tertiary/aromatic N) is 4. The topological polar surface area (TPSA) is 73.1 Å². The normalized spacial score (nSPS) is 12.1. The lowest BCUT2D eigenvalue weighted by Gasteiger charge is -2.13. The molecule has 1 aromatic carbocycles. The van der Waals surface area contributed by atoms with Gasteiger partial charge in [0.1, 0.15) is 30.5 Å². The Morgan fingerprint density at radius 2 is 2.04 bits per heavy atom. The minimum atomic E-state index is -0.768. The maximum absolute atomic E-state index is 10.1. The molecule has 24 heavy (non-hydrogen) atoms. The molecule has 2 aromatic heterocycles. The number of pyridine rings is 1. The van der Waals surface area contributed by atoms with E-state index < -0.39 is 6.10 Å². The van der Waals surface area contributed by atoms with Gasteiger partial charge in [-0.05, 0) is 30.3 Å². The van der Waals surface area contributed by atoms with Gasteiger partial charge in [0.25, 0.3) is 0 Å². The highest BCUT2D eigenvalue weighted by atomic mass is 35.5. The molecule has 3 rings (SSSR count). The van der Waals surface area contributed by atoms with Gasteiger partial charge in [0.05, 0.1) is 11.6 Å². The average Bonchev–Trinajstić information content (AvgIpc) is 3.03. The summed E-state index contributed by atoms with van der Waals surface area (Å²) in [6.07, 6.45) is 2.45. The van der Waals surface area contributed by atoms with Crippen LogP contribution < -0.4 is 4.74 Å². The van der Waals surface area contributed by atoms with Gasteiger partial charge >= 0.3 is 0 Å². The van der Waals surface area contributed by atoms with Gasteiger partial charge in [0, 0.05) is 11.2 Å². The summed E-state index contributed by atoms with van der Waals surface area (Å²) in [6, 6.07) is 10.4. The van der Waals surface area contributed by atoms with Crippen LogP contribution in [0.15, 0.2) is 48.9 Å². The molecule has 0 fully saturated rings. The van der Waals surface area contributed by atoms with Gasteiger partial charge in [0.15, 0.2) is 5.82 Å². The Labute approximate surface area is 148 Å². The summed E-state index contributed by atoms with van der Waals surface area (Å²) in [5.74, 6) is 0.970. The zero-order valence-corrected chi connectivity index (χ0v) is 14.0. The molecule has 124 valence electrons. The smallest absolute Gasteiger partial charge is 0.199 e. The first-order chi connectivity index (χ1) is 11.6. The molecule has 2 heterocycles. The van der Waals surface area contributed by atoms with E-state index in [1.807, 2.05) is 18.2 Å². The number of aromatic nitrogens is 4. The second kappa shape index (κ2) is 7.61. The van der Waals surface area contributed by atoms with E-state index >= 15 is 0 Å². The SMILES string of the molecule is O[C@@H](COc1ccc(Cl)cc1Cl)Cn1cnc(-c2ccccn2)n1. The molecule has 3 aromatic rings. The third kappa shape index (κ3) is 4.23. The van der Waals surface area contributed by atoms with E-state index in [0.29, 0.717) is 27.3 Å². The number of hydrogen-bond acceptors (Lipinski definition) is 5. The van der Waals surface area contributed by atoms with E-state index in [1.54, 1.807) is 35.4 Å². The van der Waals surface area contributed by atoms with Crippen molar-refractivity contribution >= 4 is 23.2 Å². The molecule has 0 saturated heterocycles. The summed E-state index contributed by atoms with van der Waals surface area (Å²) in [6.45, 7) is 0.311. The van der Waals surface area contributed by atoms with Crippen molar-refractivity contribution in [1.29, 1.82) is 0 Å². The molecule has 0 saturated carbocycles. The number of halogens is 2. The van der Waals surface area contributed by atoms with Crippen LogP contribution in [0, 0.1) is 0 Å². The van der Waals surface area contributed by atoms with Crippen LogP contribution in [-0.4, -0.2) is 37.6 Å². The Balaban J connectivity index is 1.57. The van der Waals surface area contributed by atoms with E-state index in [1.165, 1.54) is 0 Å². The van der Waals surface area contributed by atoms with E-state index in [0.717, 1.165) is 0 Å². The molecule has 0 aliphatic heterocycles. The van der Waals surface area contributed by atoms with Gasteiger partial charge in [-0.25, -0.2) is 9.67 Å².